The van der Waals surface area contributed by atoms with Crippen molar-refractivity contribution in [3.63, 3.8) is 0 Å². The predicted molar refractivity (Wildman–Crippen MR) is 135 cm³/mol. The monoisotopic (exact) mass is 462 g/mol. The molecule has 0 unspecified atom stereocenters. The quantitative estimate of drug-likeness (QED) is 0.604. The van der Waals surface area contributed by atoms with Gasteiger partial charge >= 0.3 is 0 Å². The summed E-state index contributed by atoms with van der Waals surface area (Å²) in [5.74, 6) is 1.00. The van der Waals surface area contributed by atoms with E-state index in [4.69, 9.17) is 4.74 Å². The van der Waals surface area contributed by atoms with Gasteiger partial charge in [0.2, 0.25) is 5.91 Å². The zero-order valence-electron chi connectivity index (χ0n) is 21.0. The van der Waals surface area contributed by atoms with Crippen molar-refractivity contribution in [1.82, 2.24) is 10.2 Å². The Balaban J connectivity index is 1.68. The van der Waals surface area contributed by atoms with E-state index in [0.717, 1.165) is 49.8 Å². The van der Waals surface area contributed by atoms with Gasteiger partial charge < -0.3 is 15.0 Å². The largest absolute Gasteiger partial charge is 0.481 e. The molecule has 182 valence electrons. The average molecular weight is 463 g/mol. The summed E-state index contributed by atoms with van der Waals surface area (Å²) in [6.45, 7) is 8.67. The van der Waals surface area contributed by atoms with Crippen molar-refractivity contribution in [2.45, 2.75) is 84.4 Å². The molecule has 0 saturated heterocycles. The van der Waals surface area contributed by atoms with Crippen molar-refractivity contribution >= 4 is 11.8 Å². The molecule has 2 atom stereocenters. The summed E-state index contributed by atoms with van der Waals surface area (Å²) >= 11 is 0. The zero-order valence-corrected chi connectivity index (χ0v) is 21.0. The summed E-state index contributed by atoms with van der Waals surface area (Å²) in [6, 6.07) is 14.6. The smallest absolute Gasteiger partial charge is 0.261 e. The molecule has 4 rings (SSSR count). The third-order valence-electron chi connectivity index (χ3n) is 7.10. The first kappa shape index (κ1) is 24.3. The van der Waals surface area contributed by atoms with Gasteiger partial charge in [0, 0.05) is 18.5 Å². The number of carbonyl (C=O) groups excluding carboxylic acids is 2. The van der Waals surface area contributed by atoms with Crippen LogP contribution in [0.25, 0.3) is 0 Å². The Morgan fingerprint density at radius 3 is 2.44 bits per heavy atom. The molecule has 2 aromatic rings. The van der Waals surface area contributed by atoms with Crippen LogP contribution in [0.15, 0.2) is 42.5 Å². The van der Waals surface area contributed by atoms with Gasteiger partial charge in [-0.05, 0) is 75.3 Å². The van der Waals surface area contributed by atoms with Crippen molar-refractivity contribution < 1.29 is 14.3 Å². The third-order valence-corrected chi connectivity index (χ3v) is 7.10. The van der Waals surface area contributed by atoms with Gasteiger partial charge in [0.25, 0.3) is 5.91 Å². The number of carbonyl (C=O) groups is 2. The highest BCUT2D eigenvalue weighted by atomic mass is 16.5. The van der Waals surface area contributed by atoms with Crippen molar-refractivity contribution in [2.24, 2.45) is 5.92 Å². The number of nitrogens with one attached hydrogen (secondary N) is 1. The number of benzene rings is 2. The Morgan fingerprint density at radius 2 is 1.79 bits per heavy atom. The Morgan fingerprint density at radius 1 is 1.09 bits per heavy atom. The summed E-state index contributed by atoms with van der Waals surface area (Å²) in [7, 11) is 0. The van der Waals surface area contributed by atoms with Crippen LogP contribution >= 0.6 is 0 Å². The van der Waals surface area contributed by atoms with Crippen LogP contribution in [-0.4, -0.2) is 35.4 Å². The molecule has 1 aliphatic heterocycles. The fourth-order valence-electron chi connectivity index (χ4n) is 5.28. The summed E-state index contributed by atoms with van der Waals surface area (Å²) in [5, 5.41) is 2.95. The van der Waals surface area contributed by atoms with Crippen LogP contribution in [0.1, 0.15) is 81.2 Å². The number of amides is 2. The topological polar surface area (TPSA) is 58.6 Å². The lowest BCUT2D eigenvalue weighted by Crippen LogP contribution is -2.43. The van der Waals surface area contributed by atoms with E-state index in [1.807, 2.05) is 26.8 Å². The van der Waals surface area contributed by atoms with E-state index < -0.39 is 6.10 Å². The van der Waals surface area contributed by atoms with Gasteiger partial charge in [-0.1, -0.05) is 55.7 Å². The molecule has 2 amide bonds. The Kier molecular flexibility index (Phi) is 7.60. The Hall–Kier alpha value is -2.82. The highest BCUT2D eigenvalue weighted by Gasteiger charge is 2.36. The van der Waals surface area contributed by atoms with Crippen LogP contribution in [0.4, 0.5) is 0 Å². The molecule has 5 heteroatoms. The maximum atomic E-state index is 13.6. The lowest BCUT2D eigenvalue weighted by Gasteiger charge is -2.39. The molecule has 1 heterocycles. The van der Waals surface area contributed by atoms with Crippen LogP contribution in [0.2, 0.25) is 0 Å². The predicted octanol–water partition coefficient (Wildman–Crippen LogP) is 5.34. The van der Waals surface area contributed by atoms with Crippen molar-refractivity contribution in [1.29, 1.82) is 0 Å². The van der Waals surface area contributed by atoms with Gasteiger partial charge in [0.1, 0.15) is 5.75 Å². The van der Waals surface area contributed by atoms with Crippen LogP contribution in [0.5, 0.6) is 5.75 Å². The summed E-state index contributed by atoms with van der Waals surface area (Å²) < 4.78 is 6.18. The number of aryl methyl sites for hydroxylation is 1. The fourth-order valence-corrected chi connectivity index (χ4v) is 5.28. The summed E-state index contributed by atoms with van der Waals surface area (Å²) in [6.07, 6.45) is 5.16. The second-order valence-electron chi connectivity index (χ2n) is 10.1. The Bertz CT molecular complexity index is 1010. The van der Waals surface area contributed by atoms with Crippen LogP contribution in [0.3, 0.4) is 0 Å². The van der Waals surface area contributed by atoms with Gasteiger partial charge in [-0.15, -0.1) is 0 Å². The lowest BCUT2D eigenvalue weighted by molar-refractivity contribution is -0.137. The Labute approximate surface area is 203 Å². The first-order valence-corrected chi connectivity index (χ1v) is 12.8. The second kappa shape index (κ2) is 10.6. The molecule has 1 aliphatic carbocycles. The minimum atomic E-state index is -0.543. The minimum absolute atomic E-state index is 0.0646. The number of fused-ring (bicyclic) bond motifs is 1. The fraction of sp³-hybridized carbons (Fsp3) is 0.517. The average Bonchev–Trinajstić information content (AvgIpc) is 3.36. The zero-order chi connectivity index (χ0) is 24.2. The van der Waals surface area contributed by atoms with E-state index in [1.54, 1.807) is 0 Å². The molecule has 0 bridgehead atoms. The number of hydrogen-bond acceptors (Lipinski definition) is 3. The van der Waals surface area contributed by atoms with Crippen molar-refractivity contribution in [2.75, 3.05) is 6.54 Å². The highest BCUT2D eigenvalue weighted by molar-refractivity contribution is 5.81. The third kappa shape index (κ3) is 5.29. The molecule has 0 spiro atoms. The van der Waals surface area contributed by atoms with Gasteiger partial charge in [0.05, 0.1) is 6.04 Å². The first-order valence-electron chi connectivity index (χ1n) is 12.8. The minimum Gasteiger partial charge on any atom is -0.481 e. The molecule has 1 saturated carbocycles. The molecular weight excluding hydrogens is 424 g/mol. The van der Waals surface area contributed by atoms with E-state index in [-0.39, 0.29) is 29.8 Å². The molecule has 2 aromatic carbocycles. The molecule has 5 nitrogen and oxygen atoms in total. The van der Waals surface area contributed by atoms with Crippen LogP contribution in [-0.2, 0) is 16.0 Å². The summed E-state index contributed by atoms with van der Waals surface area (Å²) in [5.41, 5.74) is 4.68. The van der Waals surface area contributed by atoms with Gasteiger partial charge in [-0.25, -0.2) is 0 Å². The van der Waals surface area contributed by atoms with Crippen LogP contribution < -0.4 is 10.1 Å². The van der Waals surface area contributed by atoms with E-state index in [1.165, 1.54) is 11.1 Å². The molecular formula is C29H38N2O3. The number of nitrogens with zero attached hydrogens (tertiary/aromatic N) is 1. The first-order chi connectivity index (χ1) is 16.4. The standard InChI is InChI=1S/C29H38N2O3/c1-5-26(28(32)30-19(2)3)34-24-15-14-21-16-17-31(29(33)23-8-6-7-9-23)27(25(21)18-24)22-12-10-20(4)11-13-22/h10-15,18-19,23,26-27H,5-9,16-17H2,1-4H3,(H,30,32)/t26-,27-/m0/s1. The highest BCUT2D eigenvalue weighted by Crippen LogP contribution is 2.40. The van der Waals surface area contributed by atoms with Gasteiger partial charge in [-0.3, -0.25) is 9.59 Å². The van der Waals surface area contributed by atoms with Crippen molar-refractivity contribution in [3.8, 4) is 5.75 Å². The summed E-state index contributed by atoms with van der Waals surface area (Å²) in [4.78, 5) is 28.3. The molecule has 1 fully saturated rings. The molecule has 2 aliphatic rings. The molecule has 0 aromatic heterocycles. The number of ether oxygens (including phenoxy) is 1. The SMILES string of the molecule is CC[C@H](Oc1ccc2c(c1)[C@H](c1ccc(C)cc1)N(C(=O)C1CCCC1)CC2)C(=O)NC(C)C. The van der Waals surface area contributed by atoms with E-state index in [2.05, 4.69) is 53.5 Å². The van der Waals surface area contributed by atoms with Gasteiger partial charge in [-0.2, -0.15) is 0 Å². The number of hydrogen-bond donors (Lipinski definition) is 1. The maximum Gasteiger partial charge on any atom is 0.261 e. The molecule has 0 radical (unpaired) electrons. The second-order valence-corrected chi connectivity index (χ2v) is 10.1. The normalized spacial score (nSPS) is 19.1. The maximum absolute atomic E-state index is 13.6. The lowest BCUT2D eigenvalue weighted by atomic mass is 9.86. The molecule has 1 N–H and O–H groups in total. The van der Waals surface area contributed by atoms with E-state index in [9.17, 15) is 9.59 Å². The van der Waals surface area contributed by atoms with E-state index in [0.29, 0.717) is 12.2 Å². The van der Waals surface area contributed by atoms with Crippen molar-refractivity contribution in [3.05, 3.63) is 64.7 Å². The van der Waals surface area contributed by atoms with E-state index >= 15 is 0 Å². The van der Waals surface area contributed by atoms with Gasteiger partial charge in [0.15, 0.2) is 6.10 Å². The van der Waals surface area contributed by atoms with Crippen LogP contribution in [0, 0.1) is 12.8 Å². The molecule has 34 heavy (non-hydrogen) atoms. The number of rotatable bonds is 7.